The number of pyridine rings is 1. The number of aryl methyl sites for hydroxylation is 1. The number of benzene rings is 1. The second kappa shape index (κ2) is 4.56. The van der Waals surface area contributed by atoms with Crippen molar-refractivity contribution in [1.29, 1.82) is 0 Å². The lowest BCUT2D eigenvalue weighted by atomic mass is 10.2. The molecule has 0 aliphatic rings. The minimum absolute atomic E-state index is 0.143. The summed E-state index contributed by atoms with van der Waals surface area (Å²) in [6.45, 7) is 1.79. The van der Waals surface area contributed by atoms with E-state index in [2.05, 4.69) is 10.3 Å². The Bertz CT molecular complexity index is 599. The molecule has 0 unspecified atom stereocenters. The molecule has 94 valence electrons. The van der Waals surface area contributed by atoms with E-state index in [1.54, 1.807) is 13.0 Å². The minimum Gasteiger partial charge on any atom is -0.396 e. The van der Waals surface area contributed by atoms with E-state index in [-0.39, 0.29) is 17.2 Å². The molecule has 2 rings (SSSR count). The summed E-state index contributed by atoms with van der Waals surface area (Å²) in [6, 6.07) is 2.91. The first-order valence-corrected chi connectivity index (χ1v) is 5.11. The molecule has 0 saturated heterocycles. The van der Waals surface area contributed by atoms with Crippen LogP contribution in [-0.4, -0.2) is 4.98 Å². The van der Waals surface area contributed by atoms with Crippen LogP contribution in [0.3, 0.4) is 0 Å². The Morgan fingerprint density at radius 1 is 1.17 bits per heavy atom. The molecule has 0 amide bonds. The number of nitrogens with two attached hydrogens (primary N) is 1. The van der Waals surface area contributed by atoms with E-state index in [1.165, 1.54) is 6.20 Å². The van der Waals surface area contributed by atoms with E-state index in [0.29, 0.717) is 6.07 Å². The van der Waals surface area contributed by atoms with Crippen LogP contribution in [0.15, 0.2) is 24.4 Å². The van der Waals surface area contributed by atoms with Gasteiger partial charge in [-0.25, -0.2) is 18.2 Å². The molecule has 0 aliphatic carbocycles. The molecule has 1 heterocycles. The number of halogens is 3. The molecule has 0 saturated carbocycles. The SMILES string of the molecule is Cc1cnc(Nc2cc(F)cc(F)c2F)c(N)c1. The largest absolute Gasteiger partial charge is 0.396 e. The third kappa shape index (κ3) is 2.37. The monoisotopic (exact) mass is 253 g/mol. The summed E-state index contributed by atoms with van der Waals surface area (Å²) in [5, 5.41) is 2.46. The van der Waals surface area contributed by atoms with Crippen LogP contribution in [0.1, 0.15) is 5.56 Å². The second-order valence-electron chi connectivity index (χ2n) is 3.82. The Labute approximate surface area is 101 Å². The van der Waals surface area contributed by atoms with Gasteiger partial charge in [-0.1, -0.05) is 0 Å². The summed E-state index contributed by atoms with van der Waals surface area (Å²) in [6.07, 6.45) is 1.51. The van der Waals surface area contributed by atoms with Gasteiger partial charge in [0.1, 0.15) is 5.82 Å². The van der Waals surface area contributed by atoms with E-state index in [4.69, 9.17) is 5.73 Å². The van der Waals surface area contributed by atoms with Crippen molar-refractivity contribution in [2.75, 3.05) is 11.1 Å². The number of hydrogen-bond acceptors (Lipinski definition) is 3. The van der Waals surface area contributed by atoms with E-state index in [1.807, 2.05) is 0 Å². The zero-order valence-electron chi connectivity index (χ0n) is 9.47. The molecule has 1 aromatic heterocycles. The molecule has 0 spiro atoms. The summed E-state index contributed by atoms with van der Waals surface area (Å²) in [5.74, 6) is -3.20. The van der Waals surface area contributed by atoms with Crippen LogP contribution in [-0.2, 0) is 0 Å². The predicted octanol–water partition coefficient (Wildman–Crippen LogP) is 3.13. The summed E-state index contributed by atoms with van der Waals surface area (Å²) in [4.78, 5) is 3.93. The van der Waals surface area contributed by atoms with Gasteiger partial charge in [-0.2, -0.15) is 0 Å². The van der Waals surface area contributed by atoms with Gasteiger partial charge in [0.05, 0.1) is 11.4 Å². The normalized spacial score (nSPS) is 10.4. The van der Waals surface area contributed by atoms with Crippen LogP contribution >= 0.6 is 0 Å². The highest BCUT2D eigenvalue weighted by Crippen LogP contribution is 2.25. The lowest BCUT2D eigenvalue weighted by Crippen LogP contribution is -2.03. The first-order chi connectivity index (χ1) is 8.47. The van der Waals surface area contributed by atoms with E-state index in [9.17, 15) is 13.2 Å². The summed E-state index contributed by atoms with van der Waals surface area (Å²) in [5.41, 5.74) is 6.40. The molecule has 3 N–H and O–H groups in total. The number of rotatable bonds is 2. The molecule has 1 aromatic carbocycles. The molecule has 2 aromatic rings. The molecule has 0 radical (unpaired) electrons. The average Bonchev–Trinajstić information content (AvgIpc) is 2.29. The molecule has 3 nitrogen and oxygen atoms in total. The van der Waals surface area contributed by atoms with Crippen LogP contribution in [0.4, 0.5) is 30.4 Å². The van der Waals surface area contributed by atoms with Crippen molar-refractivity contribution in [2.45, 2.75) is 6.92 Å². The number of nitrogens with one attached hydrogen (secondary N) is 1. The van der Waals surface area contributed by atoms with Crippen molar-refractivity contribution in [3.05, 3.63) is 47.4 Å². The first kappa shape index (κ1) is 12.2. The Kier molecular flexibility index (Phi) is 3.10. The molecule has 0 bridgehead atoms. The smallest absolute Gasteiger partial charge is 0.182 e. The highest BCUT2D eigenvalue weighted by molar-refractivity contribution is 5.69. The summed E-state index contributed by atoms with van der Waals surface area (Å²) >= 11 is 0. The third-order valence-corrected chi connectivity index (χ3v) is 2.30. The molecule has 0 aliphatic heterocycles. The summed E-state index contributed by atoms with van der Waals surface area (Å²) < 4.78 is 39.4. The van der Waals surface area contributed by atoms with Gasteiger partial charge in [0.15, 0.2) is 17.5 Å². The zero-order chi connectivity index (χ0) is 13.3. The average molecular weight is 253 g/mol. The maximum Gasteiger partial charge on any atom is 0.182 e. The Hall–Kier alpha value is -2.24. The fourth-order valence-electron chi connectivity index (χ4n) is 1.47. The standard InChI is InChI=1S/C12H10F3N3/c1-6-2-9(16)12(17-5-6)18-10-4-7(13)3-8(14)11(10)15/h2-5H,16H2,1H3,(H,17,18). The highest BCUT2D eigenvalue weighted by atomic mass is 19.2. The number of nitrogen functional groups attached to an aromatic ring is 1. The van der Waals surface area contributed by atoms with Gasteiger partial charge >= 0.3 is 0 Å². The fourth-order valence-corrected chi connectivity index (χ4v) is 1.47. The molecule has 0 atom stereocenters. The van der Waals surface area contributed by atoms with Crippen LogP contribution in [0.25, 0.3) is 0 Å². The van der Waals surface area contributed by atoms with Gasteiger partial charge in [-0.15, -0.1) is 0 Å². The lowest BCUT2D eigenvalue weighted by molar-refractivity contribution is 0.498. The van der Waals surface area contributed by atoms with Gasteiger partial charge in [0, 0.05) is 18.3 Å². The van der Waals surface area contributed by atoms with Crippen LogP contribution in [0.5, 0.6) is 0 Å². The van der Waals surface area contributed by atoms with Crippen molar-refractivity contribution < 1.29 is 13.2 Å². The maximum absolute atomic E-state index is 13.4. The van der Waals surface area contributed by atoms with Crippen molar-refractivity contribution in [3.8, 4) is 0 Å². The molecular weight excluding hydrogens is 243 g/mol. The zero-order valence-corrected chi connectivity index (χ0v) is 9.47. The number of aromatic nitrogens is 1. The third-order valence-electron chi connectivity index (χ3n) is 2.30. The highest BCUT2D eigenvalue weighted by Gasteiger charge is 2.12. The second-order valence-corrected chi connectivity index (χ2v) is 3.82. The lowest BCUT2D eigenvalue weighted by Gasteiger charge is -2.10. The van der Waals surface area contributed by atoms with Crippen molar-refractivity contribution in [1.82, 2.24) is 4.98 Å². The quantitative estimate of drug-likeness (QED) is 0.808. The van der Waals surface area contributed by atoms with Gasteiger partial charge < -0.3 is 11.1 Å². The number of hydrogen-bond donors (Lipinski definition) is 2. The Morgan fingerprint density at radius 2 is 1.89 bits per heavy atom. The van der Waals surface area contributed by atoms with Gasteiger partial charge in [0.2, 0.25) is 0 Å². The van der Waals surface area contributed by atoms with Gasteiger partial charge in [-0.3, -0.25) is 0 Å². The fraction of sp³-hybridized carbons (Fsp3) is 0.0833. The molecule has 18 heavy (non-hydrogen) atoms. The van der Waals surface area contributed by atoms with Crippen LogP contribution < -0.4 is 11.1 Å². The molecule has 0 fully saturated rings. The van der Waals surface area contributed by atoms with Crippen molar-refractivity contribution in [2.24, 2.45) is 0 Å². The molecular formula is C12H10F3N3. The minimum atomic E-state index is -1.27. The maximum atomic E-state index is 13.4. The predicted molar refractivity (Wildman–Crippen MR) is 63.0 cm³/mol. The number of anilines is 3. The Balaban J connectivity index is 2.40. The van der Waals surface area contributed by atoms with E-state index < -0.39 is 17.5 Å². The Morgan fingerprint density at radius 3 is 2.56 bits per heavy atom. The van der Waals surface area contributed by atoms with Crippen LogP contribution in [0, 0.1) is 24.4 Å². The number of nitrogens with zero attached hydrogens (tertiary/aromatic N) is 1. The van der Waals surface area contributed by atoms with Gasteiger partial charge in [-0.05, 0) is 18.6 Å². The topological polar surface area (TPSA) is 50.9 Å². The van der Waals surface area contributed by atoms with E-state index in [0.717, 1.165) is 11.6 Å². The first-order valence-electron chi connectivity index (χ1n) is 5.11. The molecule has 6 heteroatoms. The summed E-state index contributed by atoms with van der Waals surface area (Å²) in [7, 11) is 0. The van der Waals surface area contributed by atoms with Crippen molar-refractivity contribution in [3.63, 3.8) is 0 Å². The van der Waals surface area contributed by atoms with Crippen molar-refractivity contribution >= 4 is 17.2 Å². The van der Waals surface area contributed by atoms with E-state index >= 15 is 0 Å². The van der Waals surface area contributed by atoms with Crippen LogP contribution in [0.2, 0.25) is 0 Å². The van der Waals surface area contributed by atoms with Gasteiger partial charge in [0.25, 0.3) is 0 Å².